The third kappa shape index (κ3) is 4.50. The van der Waals surface area contributed by atoms with Gasteiger partial charge in [-0.25, -0.2) is 4.98 Å². The maximum Gasteiger partial charge on any atom is 0.271 e. The molecular formula is C11H14Cl2N2O2. The van der Waals surface area contributed by atoms with Crippen molar-refractivity contribution in [1.29, 1.82) is 0 Å². The summed E-state index contributed by atoms with van der Waals surface area (Å²) in [4.78, 5) is 15.7. The molecule has 0 saturated carbocycles. The van der Waals surface area contributed by atoms with Gasteiger partial charge in [0.25, 0.3) is 5.91 Å². The highest BCUT2D eigenvalue weighted by molar-refractivity contribution is 6.34. The Hall–Kier alpha value is -0.840. The Morgan fingerprint density at radius 2 is 2.12 bits per heavy atom. The first-order valence-electron chi connectivity index (χ1n) is 5.21. The largest absolute Gasteiger partial charge is 0.393 e. The van der Waals surface area contributed by atoms with E-state index in [1.165, 1.54) is 12.1 Å². The molecule has 0 fully saturated rings. The van der Waals surface area contributed by atoms with E-state index in [9.17, 15) is 9.90 Å². The fraction of sp³-hybridized carbons (Fsp3) is 0.455. The molecule has 2 unspecified atom stereocenters. The highest BCUT2D eigenvalue weighted by Gasteiger charge is 2.16. The molecule has 1 rings (SSSR count). The fourth-order valence-corrected chi connectivity index (χ4v) is 1.78. The van der Waals surface area contributed by atoms with E-state index in [-0.39, 0.29) is 21.9 Å². The first kappa shape index (κ1) is 14.2. The van der Waals surface area contributed by atoms with Crippen molar-refractivity contribution >= 4 is 29.1 Å². The maximum absolute atomic E-state index is 11.8. The number of hydrogen-bond donors (Lipinski definition) is 2. The second-order valence-corrected chi connectivity index (χ2v) is 4.72. The number of amides is 1. The molecule has 0 aliphatic carbocycles. The Bertz CT molecular complexity index is 410. The molecule has 1 aromatic heterocycles. The van der Waals surface area contributed by atoms with E-state index >= 15 is 0 Å². The molecule has 0 radical (unpaired) electrons. The van der Waals surface area contributed by atoms with Gasteiger partial charge in [0.15, 0.2) is 0 Å². The molecule has 1 heterocycles. The van der Waals surface area contributed by atoms with Gasteiger partial charge in [-0.2, -0.15) is 0 Å². The van der Waals surface area contributed by atoms with Gasteiger partial charge >= 0.3 is 0 Å². The molecule has 17 heavy (non-hydrogen) atoms. The number of pyridine rings is 1. The van der Waals surface area contributed by atoms with Gasteiger partial charge in [-0.15, -0.1) is 0 Å². The predicted molar refractivity (Wildman–Crippen MR) is 67.5 cm³/mol. The second-order valence-electron chi connectivity index (χ2n) is 3.92. The zero-order valence-corrected chi connectivity index (χ0v) is 11.1. The van der Waals surface area contributed by atoms with E-state index < -0.39 is 12.0 Å². The van der Waals surface area contributed by atoms with Crippen LogP contribution in [0.5, 0.6) is 0 Å². The zero-order valence-electron chi connectivity index (χ0n) is 9.58. The first-order valence-corrected chi connectivity index (χ1v) is 5.96. The lowest BCUT2D eigenvalue weighted by Gasteiger charge is -2.15. The number of nitrogens with one attached hydrogen (secondary N) is 1. The molecule has 6 heteroatoms. The summed E-state index contributed by atoms with van der Waals surface area (Å²) >= 11 is 11.5. The Morgan fingerprint density at radius 1 is 1.47 bits per heavy atom. The van der Waals surface area contributed by atoms with Gasteiger partial charge in [0.2, 0.25) is 0 Å². The molecule has 0 aliphatic heterocycles. The first-order chi connectivity index (χ1) is 7.90. The highest BCUT2D eigenvalue weighted by atomic mass is 35.5. The van der Waals surface area contributed by atoms with E-state index in [4.69, 9.17) is 23.2 Å². The van der Waals surface area contributed by atoms with Crippen molar-refractivity contribution in [2.75, 3.05) is 0 Å². The number of carbonyl (C=O) groups is 1. The van der Waals surface area contributed by atoms with Gasteiger partial charge in [-0.1, -0.05) is 23.2 Å². The van der Waals surface area contributed by atoms with Crippen LogP contribution < -0.4 is 5.32 Å². The SMILES string of the molecule is CC(O)CC(C)NC(=O)c1nc(Cl)ccc1Cl. The molecule has 4 nitrogen and oxygen atoms in total. The van der Waals surface area contributed by atoms with E-state index in [2.05, 4.69) is 10.3 Å². The summed E-state index contributed by atoms with van der Waals surface area (Å²) in [5, 5.41) is 12.3. The summed E-state index contributed by atoms with van der Waals surface area (Å²) in [5.41, 5.74) is 0.0941. The standard InChI is InChI=1S/C11H14Cl2N2O2/c1-6(5-7(2)16)14-11(17)10-8(12)3-4-9(13)15-10/h3-4,6-7,16H,5H2,1-2H3,(H,14,17). The number of hydrogen-bond acceptors (Lipinski definition) is 3. The molecule has 0 bridgehead atoms. The van der Waals surface area contributed by atoms with Crippen LogP contribution in [0, 0.1) is 0 Å². The molecule has 0 aliphatic rings. The molecule has 0 spiro atoms. The number of aliphatic hydroxyl groups excluding tert-OH is 1. The van der Waals surface area contributed by atoms with E-state index in [0.717, 1.165) is 0 Å². The summed E-state index contributed by atoms with van der Waals surface area (Å²) in [6.07, 6.45) is -0.0164. The molecular weight excluding hydrogens is 263 g/mol. The minimum atomic E-state index is -0.479. The van der Waals surface area contributed by atoms with Gasteiger partial charge < -0.3 is 10.4 Å². The fourth-order valence-electron chi connectivity index (χ4n) is 1.44. The van der Waals surface area contributed by atoms with Crippen molar-refractivity contribution in [3.8, 4) is 0 Å². The Kier molecular flexibility index (Phi) is 5.18. The lowest BCUT2D eigenvalue weighted by atomic mass is 10.1. The summed E-state index contributed by atoms with van der Waals surface area (Å²) in [5.74, 6) is -0.398. The quantitative estimate of drug-likeness (QED) is 0.830. The van der Waals surface area contributed by atoms with Crippen LogP contribution in [0.2, 0.25) is 10.2 Å². The topological polar surface area (TPSA) is 62.2 Å². The van der Waals surface area contributed by atoms with Crippen LogP contribution in [0.1, 0.15) is 30.8 Å². The van der Waals surface area contributed by atoms with Crippen molar-refractivity contribution < 1.29 is 9.90 Å². The summed E-state index contributed by atoms with van der Waals surface area (Å²) < 4.78 is 0. The van der Waals surface area contributed by atoms with Crippen molar-refractivity contribution in [3.05, 3.63) is 28.0 Å². The Labute approximate surface area is 110 Å². The van der Waals surface area contributed by atoms with Gasteiger partial charge in [0.1, 0.15) is 10.8 Å². The third-order valence-electron chi connectivity index (χ3n) is 2.10. The third-order valence-corrected chi connectivity index (χ3v) is 2.61. The van der Waals surface area contributed by atoms with Gasteiger partial charge in [0, 0.05) is 6.04 Å². The highest BCUT2D eigenvalue weighted by Crippen LogP contribution is 2.16. The van der Waals surface area contributed by atoms with Gasteiger partial charge in [0.05, 0.1) is 11.1 Å². The van der Waals surface area contributed by atoms with Crippen molar-refractivity contribution in [2.45, 2.75) is 32.4 Å². The lowest BCUT2D eigenvalue weighted by Crippen LogP contribution is -2.35. The number of aromatic nitrogens is 1. The van der Waals surface area contributed by atoms with Crippen LogP contribution in [-0.4, -0.2) is 28.1 Å². The summed E-state index contributed by atoms with van der Waals surface area (Å²) in [6, 6.07) is 2.87. The number of rotatable bonds is 4. The monoisotopic (exact) mass is 276 g/mol. The molecule has 94 valence electrons. The lowest BCUT2D eigenvalue weighted by molar-refractivity contribution is 0.0918. The maximum atomic E-state index is 11.8. The van der Waals surface area contributed by atoms with Gasteiger partial charge in [-0.05, 0) is 32.4 Å². The molecule has 0 saturated heterocycles. The van der Waals surface area contributed by atoms with E-state index in [0.29, 0.717) is 6.42 Å². The average molecular weight is 277 g/mol. The minimum Gasteiger partial charge on any atom is -0.393 e. The average Bonchev–Trinajstić information content (AvgIpc) is 2.20. The molecule has 1 aromatic rings. The van der Waals surface area contributed by atoms with Crippen LogP contribution >= 0.6 is 23.2 Å². The van der Waals surface area contributed by atoms with Gasteiger partial charge in [-0.3, -0.25) is 4.79 Å². The molecule has 2 N–H and O–H groups in total. The molecule has 2 atom stereocenters. The number of carbonyl (C=O) groups excluding carboxylic acids is 1. The molecule has 1 amide bonds. The van der Waals surface area contributed by atoms with Crippen LogP contribution in [0.4, 0.5) is 0 Å². The van der Waals surface area contributed by atoms with Crippen LogP contribution in [0.3, 0.4) is 0 Å². The zero-order chi connectivity index (χ0) is 13.0. The van der Waals surface area contributed by atoms with Crippen molar-refractivity contribution in [3.63, 3.8) is 0 Å². The Balaban J connectivity index is 2.73. The number of nitrogens with zero attached hydrogens (tertiary/aromatic N) is 1. The normalized spacial score (nSPS) is 14.2. The van der Waals surface area contributed by atoms with Crippen LogP contribution in [0.15, 0.2) is 12.1 Å². The number of aliphatic hydroxyl groups is 1. The minimum absolute atomic E-state index is 0.0941. The van der Waals surface area contributed by atoms with Crippen molar-refractivity contribution in [2.24, 2.45) is 0 Å². The Morgan fingerprint density at radius 3 is 2.71 bits per heavy atom. The van der Waals surface area contributed by atoms with E-state index in [1.807, 2.05) is 0 Å². The van der Waals surface area contributed by atoms with E-state index in [1.54, 1.807) is 13.8 Å². The number of halogens is 2. The molecule has 0 aromatic carbocycles. The predicted octanol–water partition coefficient (Wildman–Crippen LogP) is 2.28. The summed E-state index contributed by atoms with van der Waals surface area (Å²) in [6.45, 7) is 3.45. The van der Waals surface area contributed by atoms with Crippen molar-refractivity contribution in [1.82, 2.24) is 10.3 Å². The van der Waals surface area contributed by atoms with Crippen LogP contribution in [0.25, 0.3) is 0 Å². The smallest absolute Gasteiger partial charge is 0.271 e. The second kappa shape index (κ2) is 6.19. The summed E-state index contributed by atoms with van der Waals surface area (Å²) in [7, 11) is 0. The van der Waals surface area contributed by atoms with Crippen LogP contribution in [-0.2, 0) is 0 Å².